The third-order valence-corrected chi connectivity index (χ3v) is 1.91. The Kier molecular flexibility index (Phi) is 2.93. The van der Waals surface area contributed by atoms with E-state index in [0.29, 0.717) is 6.07 Å². The highest BCUT2D eigenvalue weighted by molar-refractivity contribution is 5.81. The van der Waals surface area contributed by atoms with Gasteiger partial charge < -0.3 is 10.4 Å². The van der Waals surface area contributed by atoms with Gasteiger partial charge in [-0.3, -0.25) is 0 Å². The van der Waals surface area contributed by atoms with Gasteiger partial charge in [-0.15, -0.1) is 0 Å². The Hall–Kier alpha value is -1.65. The zero-order valence-corrected chi connectivity index (χ0v) is 8.34. The van der Waals surface area contributed by atoms with Gasteiger partial charge >= 0.3 is 5.97 Å². The lowest BCUT2D eigenvalue weighted by Crippen LogP contribution is -2.40. The van der Waals surface area contributed by atoms with Crippen LogP contribution in [0.2, 0.25) is 0 Å². The molecule has 0 aliphatic heterocycles. The van der Waals surface area contributed by atoms with Crippen LogP contribution in [0.5, 0.6) is 0 Å². The highest BCUT2D eigenvalue weighted by Gasteiger charge is 2.27. The van der Waals surface area contributed by atoms with Crippen molar-refractivity contribution < 1.29 is 18.7 Å². The molecule has 0 amide bonds. The molecular formula is C10H11F2NO2. The van der Waals surface area contributed by atoms with Gasteiger partial charge in [-0.25, -0.2) is 13.6 Å². The number of benzene rings is 1. The molecule has 0 fully saturated rings. The van der Waals surface area contributed by atoms with Crippen LogP contribution in [0.15, 0.2) is 18.2 Å². The lowest BCUT2D eigenvalue weighted by molar-refractivity contribution is -0.141. The van der Waals surface area contributed by atoms with E-state index >= 15 is 0 Å². The predicted octanol–water partition coefficient (Wildman–Crippen LogP) is 2.24. The summed E-state index contributed by atoms with van der Waals surface area (Å²) in [6.07, 6.45) is 0. The van der Waals surface area contributed by atoms with Crippen LogP contribution in [0.1, 0.15) is 13.8 Å². The van der Waals surface area contributed by atoms with E-state index in [1.807, 2.05) is 0 Å². The Labute approximate surface area is 85.7 Å². The largest absolute Gasteiger partial charge is 0.480 e. The molecule has 0 bridgehead atoms. The van der Waals surface area contributed by atoms with Crippen molar-refractivity contribution in [1.82, 2.24) is 0 Å². The van der Waals surface area contributed by atoms with Crippen molar-refractivity contribution in [1.29, 1.82) is 0 Å². The van der Waals surface area contributed by atoms with Crippen molar-refractivity contribution in [3.05, 3.63) is 29.8 Å². The first-order valence-electron chi connectivity index (χ1n) is 4.29. The number of carbonyl (C=O) groups is 1. The molecule has 5 heteroatoms. The van der Waals surface area contributed by atoms with E-state index in [0.717, 1.165) is 12.1 Å². The number of rotatable bonds is 3. The number of halogens is 2. The lowest BCUT2D eigenvalue weighted by Gasteiger charge is -2.22. The van der Waals surface area contributed by atoms with Crippen molar-refractivity contribution in [2.24, 2.45) is 0 Å². The summed E-state index contributed by atoms with van der Waals surface area (Å²) in [4.78, 5) is 10.7. The van der Waals surface area contributed by atoms with Gasteiger partial charge in [0.1, 0.15) is 17.2 Å². The molecule has 1 aromatic rings. The number of hydrogen-bond donors (Lipinski definition) is 2. The monoisotopic (exact) mass is 215 g/mol. The molecule has 0 heterocycles. The molecule has 0 aliphatic carbocycles. The van der Waals surface area contributed by atoms with Gasteiger partial charge in [-0.1, -0.05) is 0 Å². The van der Waals surface area contributed by atoms with E-state index in [9.17, 15) is 13.6 Å². The van der Waals surface area contributed by atoms with Crippen molar-refractivity contribution in [2.45, 2.75) is 19.4 Å². The van der Waals surface area contributed by atoms with E-state index in [4.69, 9.17) is 5.11 Å². The maximum absolute atomic E-state index is 13.1. The van der Waals surface area contributed by atoms with E-state index in [-0.39, 0.29) is 5.69 Å². The van der Waals surface area contributed by atoms with Gasteiger partial charge in [-0.2, -0.15) is 0 Å². The molecule has 0 radical (unpaired) electrons. The lowest BCUT2D eigenvalue weighted by atomic mass is 10.1. The van der Waals surface area contributed by atoms with Crippen LogP contribution in [-0.2, 0) is 4.79 Å². The molecule has 1 aromatic carbocycles. The highest BCUT2D eigenvalue weighted by Crippen LogP contribution is 2.19. The molecule has 0 aliphatic rings. The summed E-state index contributed by atoms with van der Waals surface area (Å²) in [6.45, 7) is 2.77. The topological polar surface area (TPSA) is 49.3 Å². The van der Waals surface area contributed by atoms with Crippen LogP contribution < -0.4 is 5.32 Å². The molecule has 0 unspecified atom stereocenters. The van der Waals surface area contributed by atoms with Gasteiger partial charge in [0, 0.05) is 6.07 Å². The molecule has 0 saturated heterocycles. The van der Waals surface area contributed by atoms with Gasteiger partial charge in [0.2, 0.25) is 0 Å². The van der Waals surface area contributed by atoms with Crippen molar-refractivity contribution >= 4 is 11.7 Å². The van der Waals surface area contributed by atoms with Crippen LogP contribution >= 0.6 is 0 Å². The summed E-state index contributed by atoms with van der Waals surface area (Å²) < 4.78 is 25.7. The predicted molar refractivity (Wildman–Crippen MR) is 51.7 cm³/mol. The first kappa shape index (κ1) is 11.4. The average molecular weight is 215 g/mol. The Morgan fingerprint density at radius 2 is 2.00 bits per heavy atom. The molecule has 0 atom stereocenters. The van der Waals surface area contributed by atoms with Gasteiger partial charge in [0.15, 0.2) is 0 Å². The SMILES string of the molecule is CC(C)(Nc1ccc(F)cc1F)C(=O)O. The Morgan fingerprint density at radius 1 is 1.40 bits per heavy atom. The van der Waals surface area contributed by atoms with E-state index in [1.165, 1.54) is 13.8 Å². The van der Waals surface area contributed by atoms with Crippen LogP contribution in [0.3, 0.4) is 0 Å². The average Bonchev–Trinajstić information content (AvgIpc) is 2.09. The molecule has 82 valence electrons. The number of carboxylic acid groups (broad SMARTS) is 1. The molecule has 0 spiro atoms. The van der Waals surface area contributed by atoms with E-state index in [2.05, 4.69) is 5.32 Å². The van der Waals surface area contributed by atoms with Gasteiger partial charge in [-0.05, 0) is 26.0 Å². The highest BCUT2D eigenvalue weighted by atomic mass is 19.1. The van der Waals surface area contributed by atoms with Crippen molar-refractivity contribution in [3.8, 4) is 0 Å². The zero-order chi connectivity index (χ0) is 11.6. The molecule has 3 nitrogen and oxygen atoms in total. The molecular weight excluding hydrogens is 204 g/mol. The minimum Gasteiger partial charge on any atom is -0.480 e. The molecule has 15 heavy (non-hydrogen) atoms. The van der Waals surface area contributed by atoms with Crippen LogP contribution in [-0.4, -0.2) is 16.6 Å². The Bertz CT molecular complexity index is 391. The molecule has 0 saturated carbocycles. The van der Waals surface area contributed by atoms with E-state index in [1.54, 1.807) is 0 Å². The first-order valence-corrected chi connectivity index (χ1v) is 4.29. The molecule has 2 N–H and O–H groups in total. The smallest absolute Gasteiger partial charge is 0.328 e. The molecule has 1 rings (SSSR count). The fraction of sp³-hybridized carbons (Fsp3) is 0.300. The standard InChI is InChI=1S/C10H11F2NO2/c1-10(2,9(14)15)13-8-4-3-6(11)5-7(8)12/h3-5,13H,1-2H3,(H,14,15). The second-order valence-electron chi connectivity index (χ2n) is 3.68. The van der Waals surface area contributed by atoms with Crippen LogP contribution in [0.25, 0.3) is 0 Å². The fourth-order valence-corrected chi connectivity index (χ4v) is 0.981. The Morgan fingerprint density at radius 3 is 2.47 bits per heavy atom. The molecule has 0 aromatic heterocycles. The van der Waals surface area contributed by atoms with Crippen molar-refractivity contribution in [3.63, 3.8) is 0 Å². The first-order chi connectivity index (χ1) is 6.83. The van der Waals surface area contributed by atoms with Crippen LogP contribution in [0, 0.1) is 11.6 Å². The quantitative estimate of drug-likeness (QED) is 0.812. The number of carboxylic acids is 1. The summed E-state index contributed by atoms with van der Waals surface area (Å²) >= 11 is 0. The minimum absolute atomic E-state index is 0.0381. The third-order valence-electron chi connectivity index (χ3n) is 1.91. The third kappa shape index (κ3) is 2.65. The fourth-order valence-electron chi connectivity index (χ4n) is 0.981. The van der Waals surface area contributed by atoms with Gasteiger partial charge in [0.25, 0.3) is 0 Å². The summed E-state index contributed by atoms with van der Waals surface area (Å²) in [5.41, 5.74) is -1.35. The maximum atomic E-state index is 13.1. The number of hydrogen-bond acceptors (Lipinski definition) is 2. The van der Waals surface area contributed by atoms with E-state index < -0.39 is 23.1 Å². The number of anilines is 1. The van der Waals surface area contributed by atoms with Gasteiger partial charge in [0.05, 0.1) is 5.69 Å². The number of nitrogens with one attached hydrogen (secondary N) is 1. The normalized spacial score (nSPS) is 11.2. The summed E-state index contributed by atoms with van der Waals surface area (Å²) in [7, 11) is 0. The number of aliphatic carboxylic acids is 1. The summed E-state index contributed by atoms with van der Waals surface area (Å²) in [5.74, 6) is -2.64. The summed E-state index contributed by atoms with van der Waals surface area (Å²) in [5, 5.41) is 11.3. The Balaban J connectivity index is 2.95. The second-order valence-corrected chi connectivity index (χ2v) is 3.68. The second kappa shape index (κ2) is 3.84. The van der Waals surface area contributed by atoms with Crippen LogP contribution in [0.4, 0.5) is 14.5 Å². The minimum atomic E-state index is -1.31. The zero-order valence-electron chi connectivity index (χ0n) is 8.34. The van der Waals surface area contributed by atoms with Crippen molar-refractivity contribution in [2.75, 3.05) is 5.32 Å². The summed E-state index contributed by atoms with van der Waals surface area (Å²) in [6, 6.07) is 2.92. The maximum Gasteiger partial charge on any atom is 0.328 e.